The van der Waals surface area contributed by atoms with Gasteiger partial charge >= 0.3 is 6.36 Å². The normalized spacial score (nSPS) is 11.7. The molecule has 120 valence electrons. The maximum Gasteiger partial charge on any atom is 0.573 e. The van der Waals surface area contributed by atoms with E-state index in [1.54, 1.807) is 21.7 Å². The number of rotatable bonds is 3. The molecule has 1 aromatic carbocycles. The van der Waals surface area contributed by atoms with E-state index in [1.807, 2.05) is 14.1 Å². The van der Waals surface area contributed by atoms with Crippen molar-refractivity contribution in [3.63, 3.8) is 0 Å². The van der Waals surface area contributed by atoms with Crippen molar-refractivity contribution in [1.29, 1.82) is 0 Å². The molecule has 0 aliphatic rings. The predicted octanol–water partition coefficient (Wildman–Crippen LogP) is 2.76. The average molecular weight is 323 g/mol. The summed E-state index contributed by atoms with van der Waals surface area (Å²) in [6.07, 6.45) is -1.43. The molecule has 0 fully saturated rings. The first-order valence-corrected chi connectivity index (χ1v) is 6.58. The van der Waals surface area contributed by atoms with Crippen LogP contribution >= 0.6 is 0 Å². The number of nitrogens with zero attached hydrogens (tertiary/aromatic N) is 5. The van der Waals surface area contributed by atoms with Crippen LogP contribution in [0.2, 0.25) is 0 Å². The Labute approximate surface area is 129 Å². The quantitative estimate of drug-likeness (QED) is 0.742. The van der Waals surface area contributed by atoms with Crippen LogP contribution in [0.4, 0.5) is 19.1 Å². The first kappa shape index (κ1) is 15.1. The Morgan fingerprint density at radius 2 is 1.78 bits per heavy atom. The number of anilines is 1. The van der Waals surface area contributed by atoms with E-state index in [4.69, 9.17) is 0 Å². The molecule has 0 aliphatic carbocycles. The standard InChI is InChI=1S/C14H12F3N5O/c1-21(2)13-20-19-12-7-18-11(8-22(12)13)9-3-5-10(6-4-9)23-14(15,16)17/h3-8H,1-2H3. The Hall–Kier alpha value is -2.84. The van der Waals surface area contributed by atoms with Gasteiger partial charge in [-0.3, -0.25) is 9.38 Å². The molecular weight excluding hydrogens is 311 g/mol. The SMILES string of the molecule is CN(C)c1nnc2cnc(-c3ccc(OC(F)(F)F)cc3)cn12. The first-order chi connectivity index (χ1) is 10.8. The van der Waals surface area contributed by atoms with Crippen LogP contribution in [-0.4, -0.2) is 40.0 Å². The van der Waals surface area contributed by atoms with Gasteiger partial charge < -0.3 is 9.64 Å². The number of fused-ring (bicyclic) bond motifs is 1. The van der Waals surface area contributed by atoms with E-state index < -0.39 is 6.36 Å². The minimum absolute atomic E-state index is 0.277. The number of hydrogen-bond acceptors (Lipinski definition) is 5. The van der Waals surface area contributed by atoms with Gasteiger partial charge in [-0.05, 0) is 24.3 Å². The van der Waals surface area contributed by atoms with Crippen molar-refractivity contribution in [1.82, 2.24) is 19.6 Å². The van der Waals surface area contributed by atoms with Gasteiger partial charge in [-0.1, -0.05) is 0 Å². The van der Waals surface area contributed by atoms with Gasteiger partial charge in [0.1, 0.15) is 5.75 Å². The van der Waals surface area contributed by atoms with Gasteiger partial charge in [-0.15, -0.1) is 23.4 Å². The summed E-state index contributed by atoms with van der Waals surface area (Å²) in [5.74, 6) is 0.348. The second kappa shape index (κ2) is 5.41. The van der Waals surface area contributed by atoms with Gasteiger partial charge in [0, 0.05) is 25.9 Å². The number of ether oxygens (including phenoxy) is 1. The Morgan fingerprint density at radius 1 is 1.09 bits per heavy atom. The molecule has 0 saturated heterocycles. The highest BCUT2D eigenvalue weighted by Gasteiger charge is 2.30. The fourth-order valence-corrected chi connectivity index (χ4v) is 2.07. The van der Waals surface area contributed by atoms with E-state index in [-0.39, 0.29) is 5.75 Å². The summed E-state index contributed by atoms with van der Waals surface area (Å²) >= 11 is 0. The van der Waals surface area contributed by atoms with E-state index >= 15 is 0 Å². The van der Waals surface area contributed by atoms with Crippen molar-refractivity contribution in [2.45, 2.75) is 6.36 Å². The van der Waals surface area contributed by atoms with Gasteiger partial charge in [0.15, 0.2) is 5.65 Å². The zero-order valence-electron chi connectivity index (χ0n) is 12.2. The largest absolute Gasteiger partial charge is 0.573 e. The molecule has 0 saturated carbocycles. The van der Waals surface area contributed by atoms with Crippen molar-refractivity contribution < 1.29 is 17.9 Å². The summed E-state index contributed by atoms with van der Waals surface area (Å²) < 4.78 is 42.1. The number of benzene rings is 1. The van der Waals surface area contributed by atoms with Crippen LogP contribution in [0.3, 0.4) is 0 Å². The molecule has 3 aromatic rings. The lowest BCUT2D eigenvalue weighted by atomic mass is 10.1. The van der Waals surface area contributed by atoms with Crippen LogP contribution in [0.5, 0.6) is 5.75 Å². The zero-order chi connectivity index (χ0) is 16.6. The molecule has 23 heavy (non-hydrogen) atoms. The molecule has 9 heteroatoms. The van der Waals surface area contributed by atoms with Gasteiger partial charge in [-0.25, -0.2) is 0 Å². The molecule has 6 nitrogen and oxygen atoms in total. The smallest absolute Gasteiger partial charge is 0.406 e. The highest BCUT2D eigenvalue weighted by molar-refractivity contribution is 5.61. The average Bonchev–Trinajstić information content (AvgIpc) is 2.89. The highest BCUT2D eigenvalue weighted by atomic mass is 19.4. The molecule has 2 aromatic heterocycles. The third-order valence-corrected chi connectivity index (χ3v) is 3.06. The Bertz CT molecular complexity index is 827. The van der Waals surface area contributed by atoms with E-state index in [2.05, 4.69) is 19.9 Å². The number of hydrogen-bond donors (Lipinski definition) is 0. The lowest BCUT2D eigenvalue weighted by Gasteiger charge is -2.10. The van der Waals surface area contributed by atoms with Crippen LogP contribution in [0.15, 0.2) is 36.7 Å². The van der Waals surface area contributed by atoms with Crippen LogP contribution in [-0.2, 0) is 0 Å². The van der Waals surface area contributed by atoms with Gasteiger partial charge in [0.25, 0.3) is 0 Å². The molecule has 0 N–H and O–H groups in total. The van der Waals surface area contributed by atoms with Gasteiger partial charge in [0.05, 0.1) is 11.9 Å². The van der Waals surface area contributed by atoms with Crippen molar-refractivity contribution in [3.05, 3.63) is 36.7 Å². The fraction of sp³-hybridized carbons (Fsp3) is 0.214. The van der Waals surface area contributed by atoms with Gasteiger partial charge in [0.2, 0.25) is 5.95 Å². The molecule has 0 bridgehead atoms. The van der Waals surface area contributed by atoms with Gasteiger partial charge in [-0.2, -0.15) is 0 Å². The molecule has 0 unspecified atom stereocenters. The molecular formula is C14H12F3N5O. The number of alkyl halides is 3. The molecule has 0 aliphatic heterocycles. The fourth-order valence-electron chi connectivity index (χ4n) is 2.07. The van der Waals surface area contributed by atoms with Crippen molar-refractivity contribution in [2.24, 2.45) is 0 Å². The Balaban J connectivity index is 1.95. The Morgan fingerprint density at radius 3 is 2.39 bits per heavy atom. The van der Waals surface area contributed by atoms with Crippen molar-refractivity contribution in [2.75, 3.05) is 19.0 Å². The summed E-state index contributed by atoms with van der Waals surface area (Å²) in [4.78, 5) is 6.04. The van der Waals surface area contributed by atoms with Crippen LogP contribution < -0.4 is 9.64 Å². The molecule has 3 rings (SSSR count). The molecule has 0 radical (unpaired) electrons. The highest BCUT2D eigenvalue weighted by Crippen LogP contribution is 2.26. The third kappa shape index (κ3) is 3.17. The minimum Gasteiger partial charge on any atom is -0.406 e. The predicted molar refractivity (Wildman–Crippen MR) is 77.2 cm³/mol. The maximum atomic E-state index is 12.2. The summed E-state index contributed by atoms with van der Waals surface area (Å²) in [7, 11) is 3.67. The Kier molecular flexibility index (Phi) is 3.55. The molecule has 0 spiro atoms. The number of aromatic nitrogens is 4. The van der Waals surface area contributed by atoms with Crippen LogP contribution in [0.25, 0.3) is 16.9 Å². The summed E-state index contributed by atoms with van der Waals surface area (Å²) in [5, 5.41) is 8.03. The van der Waals surface area contributed by atoms with Crippen molar-refractivity contribution in [3.8, 4) is 17.0 Å². The molecule has 0 atom stereocenters. The van der Waals surface area contributed by atoms with E-state index in [9.17, 15) is 13.2 Å². The monoisotopic (exact) mass is 323 g/mol. The first-order valence-electron chi connectivity index (χ1n) is 6.58. The van der Waals surface area contributed by atoms with E-state index in [1.165, 1.54) is 24.3 Å². The summed E-state index contributed by atoms with van der Waals surface area (Å²) in [6, 6.07) is 5.51. The second-order valence-corrected chi connectivity index (χ2v) is 4.97. The lowest BCUT2D eigenvalue weighted by Crippen LogP contribution is -2.16. The second-order valence-electron chi connectivity index (χ2n) is 4.97. The van der Waals surface area contributed by atoms with Crippen molar-refractivity contribution >= 4 is 11.6 Å². The van der Waals surface area contributed by atoms with E-state index in [0.29, 0.717) is 22.9 Å². The number of halogens is 3. The maximum absolute atomic E-state index is 12.2. The molecule has 0 amide bonds. The van der Waals surface area contributed by atoms with Crippen LogP contribution in [0.1, 0.15) is 0 Å². The van der Waals surface area contributed by atoms with Crippen LogP contribution in [0, 0.1) is 0 Å². The lowest BCUT2D eigenvalue weighted by molar-refractivity contribution is -0.274. The molecule has 2 heterocycles. The topological polar surface area (TPSA) is 55.5 Å². The van der Waals surface area contributed by atoms with E-state index in [0.717, 1.165) is 0 Å². The minimum atomic E-state index is -4.71. The summed E-state index contributed by atoms with van der Waals surface area (Å²) in [5.41, 5.74) is 1.81. The zero-order valence-corrected chi connectivity index (χ0v) is 12.2. The summed E-state index contributed by atoms with van der Waals surface area (Å²) in [6.45, 7) is 0. The third-order valence-electron chi connectivity index (χ3n) is 3.06.